The molecule has 0 bridgehead atoms. The Hall–Kier alpha value is -3.64. The van der Waals surface area contributed by atoms with Gasteiger partial charge in [0, 0.05) is 29.6 Å². The number of hydrogen-bond acceptors (Lipinski definition) is 5. The van der Waals surface area contributed by atoms with Gasteiger partial charge >= 0.3 is 0 Å². The molecule has 0 aliphatic rings. The third-order valence-corrected chi connectivity index (χ3v) is 5.40. The summed E-state index contributed by atoms with van der Waals surface area (Å²) in [4.78, 5) is 5.03. The molecule has 0 fully saturated rings. The number of benzene rings is 3. The van der Waals surface area contributed by atoms with Crippen molar-refractivity contribution in [3.8, 4) is 33.9 Å². The van der Waals surface area contributed by atoms with Gasteiger partial charge in [-0.3, -0.25) is 4.99 Å². The minimum Gasteiger partial charge on any atom is -0.508 e. The van der Waals surface area contributed by atoms with Crippen molar-refractivity contribution in [2.24, 2.45) is 10.1 Å². The van der Waals surface area contributed by atoms with Gasteiger partial charge in [-0.25, -0.2) is 4.68 Å². The fourth-order valence-corrected chi connectivity index (χ4v) is 3.79. The van der Waals surface area contributed by atoms with Gasteiger partial charge in [0.1, 0.15) is 11.5 Å². The molecule has 0 unspecified atom stereocenters. The van der Waals surface area contributed by atoms with E-state index in [9.17, 15) is 10.2 Å². The van der Waals surface area contributed by atoms with Gasteiger partial charge in [0.15, 0.2) is 0 Å². The van der Waals surface area contributed by atoms with E-state index in [1.807, 2.05) is 23.6 Å². The standard InChI is InChI=1S/C23H19N3O2S/c1-24-23-26(25-14-19-11-12-20(27)13-22(19)28)21(15-29-23)18-9-7-17(8-10-18)16-5-3-2-4-6-16/h2-15,27-28H,1H3. The normalized spacial score (nSPS) is 12.0. The maximum absolute atomic E-state index is 9.99. The summed E-state index contributed by atoms with van der Waals surface area (Å²) in [5, 5.41) is 26.0. The third-order valence-electron chi connectivity index (χ3n) is 4.49. The van der Waals surface area contributed by atoms with Gasteiger partial charge in [-0.05, 0) is 23.3 Å². The molecule has 0 spiro atoms. The van der Waals surface area contributed by atoms with E-state index in [1.165, 1.54) is 29.0 Å². The highest BCUT2D eigenvalue weighted by Gasteiger charge is 2.08. The Balaban J connectivity index is 1.71. The summed E-state index contributed by atoms with van der Waals surface area (Å²) in [6.07, 6.45) is 1.55. The Kier molecular flexibility index (Phi) is 5.27. The van der Waals surface area contributed by atoms with Crippen LogP contribution in [0.1, 0.15) is 5.56 Å². The van der Waals surface area contributed by atoms with Crippen LogP contribution in [0, 0.1) is 0 Å². The molecule has 0 aliphatic heterocycles. The van der Waals surface area contributed by atoms with Gasteiger partial charge in [0.05, 0.1) is 11.9 Å². The van der Waals surface area contributed by atoms with Crippen molar-refractivity contribution in [1.82, 2.24) is 4.68 Å². The van der Waals surface area contributed by atoms with Gasteiger partial charge in [-0.1, -0.05) is 54.6 Å². The second-order valence-electron chi connectivity index (χ2n) is 6.37. The highest BCUT2D eigenvalue weighted by Crippen LogP contribution is 2.26. The lowest BCUT2D eigenvalue weighted by atomic mass is 10.0. The molecule has 3 aromatic carbocycles. The van der Waals surface area contributed by atoms with Crippen molar-refractivity contribution >= 4 is 17.6 Å². The minimum absolute atomic E-state index is 0.00581. The molecule has 0 saturated carbocycles. The van der Waals surface area contributed by atoms with Crippen LogP contribution in [-0.4, -0.2) is 28.2 Å². The molecule has 29 heavy (non-hydrogen) atoms. The first kappa shape index (κ1) is 18.7. The number of thiazole rings is 1. The summed E-state index contributed by atoms with van der Waals surface area (Å²) >= 11 is 1.49. The SMILES string of the molecule is CN=c1scc(-c2ccc(-c3ccccc3)cc2)n1N=Cc1ccc(O)cc1O. The Morgan fingerprint density at radius 2 is 1.55 bits per heavy atom. The highest BCUT2D eigenvalue weighted by atomic mass is 32.1. The van der Waals surface area contributed by atoms with Gasteiger partial charge in [0.2, 0.25) is 4.80 Å². The van der Waals surface area contributed by atoms with Crippen LogP contribution in [0.4, 0.5) is 0 Å². The van der Waals surface area contributed by atoms with Gasteiger partial charge < -0.3 is 10.2 Å². The summed E-state index contributed by atoms with van der Waals surface area (Å²) in [5.41, 5.74) is 4.75. The molecule has 1 heterocycles. The summed E-state index contributed by atoms with van der Waals surface area (Å²) in [6.45, 7) is 0. The van der Waals surface area contributed by atoms with Gasteiger partial charge in [-0.15, -0.1) is 11.3 Å². The summed E-state index contributed by atoms with van der Waals surface area (Å²) in [5.74, 6) is -0.0281. The minimum atomic E-state index is -0.0340. The van der Waals surface area contributed by atoms with E-state index in [0.717, 1.165) is 21.6 Å². The predicted molar refractivity (Wildman–Crippen MR) is 117 cm³/mol. The van der Waals surface area contributed by atoms with Crippen molar-refractivity contribution in [3.05, 3.63) is 88.5 Å². The Morgan fingerprint density at radius 3 is 2.24 bits per heavy atom. The second-order valence-corrected chi connectivity index (χ2v) is 7.21. The van der Waals surface area contributed by atoms with Crippen molar-refractivity contribution in [3.63, 3.8) is 0 Å². The van der Waals surface area contributed by atoms with Crippen LogP contribution < -0.4 is 4.80 Å². The van der Waals surface area contributed by atoms with Crippen LogP contribution >= 0.6 is 11.3 Å². The van der Waals surface area contributed by atoms with Crippen LogP contribution in [0.25, 0.3) is 22.4 Å². The number of hydrogen-bond donors (Lipinski definition) is 2. The molecule has 0 saturated heterocycles. The largest absolute Gasteiger partial charge is 0.508 e. The number of rotatable bonds is 4. The maximum Gasteiger partial charge on any atom is 0.205 e. The van der Waals surface area contributed by atoms with Gasteiger partial charge in [-0.2, -0.15) is 5.10 Å². The Labute approximate surface area is 172 Å². The van der Waals surface area contributed by atoms with Crippen molar-refractivity contribution in [2.75, 3.05) is 7.05 Å². The topological polar surface area (TPSA) is 70.1 Å². The van der Waals surface area contributed by atoms with E-state index >= 15 is 0 Å². The van der Waals surface area contributed by atoms with E-state index < -0.39 is 0 Å². The average Bonchev–Trinajstić information content (AvgIpc) is 3.17. The van der Waals surface area contributed by atoms with Crippen LogP contribution in [0.3, 0.4) is 0 Å². The lowest BCUT2D eigenvalue weighted by Crippen LogP contribution is -2.11. The molecular formula is C23H19N3O2S. The molecule has 0 atom stereocenters. The number of phenolic OH excluding ortho intramolecular Hbond substituents is 2. The quantitative estimate of drug-likeness (QED) is 0.486. The summed E-state index contributed by atoms with van der Waals surface area (Å²) in [7, 11) is 1.72. The molecule has 0 radical (unpaired) electrons. The van der Waals surface area contributed by atoms with E-state index in [0.29, 0.717) is 5.56 Å². The van der Waals surface area contributed by atoms with Gasteiger partial charge in [0.25, 0.3) is 0 Å². The molecule has 2 N–H and O–H groups in total. The van der Waals surface area contributed by atoms with Crippen LogP contribution in [-0.2, 0) is 0 Å². The second kappa shape index (κ2) is 8.16. The number of nitrogens with zero attached hydrogens (tertiary/aromatic N) is 3. The zero-order valence-corrected chi connectivity index (χ0v) is 16.5. The number of aromatic nitrogens is 1. The fourth-order valence-electron chi connectivity index (χ4n) is 2.99. The molecule has 4 aromatic rings. The average molecular weight is 401 g/mol. The first-order valence-corrected chi connectivity index (χ1v) is 9.89. The van der Waals surface area contributed by atoms with E-state index in [-0.39, 0.29) is 11.5 Å². The van der Waals surface area contributed by atoms with Crippen LogP contribution in [0.15, 0.2) is 88.3 Å². The van der Waals surface area contributed by atoms with Crippen molar-refractivity contribution in [1.29, 1.82) is 0 Å². The zero-order valence-electron chi connectivity index (χ0n) is 15.7. The Bertz CT molecular complexity index is 1220. The monoisotopic (exact) mass is 401 g/mol. The molecule has 5 nitrogen and oxygen atoms in total. The molecule has 0 amide bonds. The first-order chi connectivity index (χ1) is 14.2. The third kappa shape index (κ3) is 3.97. The van der Waals surface area contributed by atoms with Crippen molar-refractivity contribution in [2.45, 2.75) is 0 Å². The van der Waals surface area contributed by atoms with E-state index in [4.69, 9.17) is 0 Å². The number of aromatic hydroxyl groups is 2. The highest BCUT2D eigenvalue weighted by molar-refractivity contribution is 7.07. The molecule has 0 aliphatic carbocycles. The smallest absolute Gasteiger partial charge is 0.205 e. The summed E-state index contributed by atoms with van der Waals surface area (Å²) in [6, 6.07) is 22.9. The lowest BCUT2D eigenvalue weighted by molar-refractivity contribution is 0.450. The van der Waals surface area contributed by atoms with Crippen LogP contribution in [0.5, 0.6) is 11.5 Å². The zero-order chi connectivity index (χ0) is 20.2. The van der Waals surface area contributed by atoms with E-state index in [1.54, 1.807) is 24.0 Å². The number of phenols is 2. The fraction of sp³-hybridized carbons (Fsp3) is 0.0435. The molecule has 4 rings (SSSR count). The molecule has 144 valence electrons. The van der Waals surface area contributed by atoms with Crippen molar-refractivity contribution < 1.29 is 10.2 Å². The van der Waals surface area contributed by atoms with Crippen LogP contribution in [0.2, 0.25) is 0 Å². The molecular weight excluding hydrogens is 382 g/mol. The Morgan fingerprint density at radius 1 is 0.862 bits per heavy atom. The summed E-state index contributed by atoms with van der Waals surface area (Å²) < 4.78 is 1.74. The lowest BCUT2D eigenvalue weighted by Gasteiger charge is -2.06. The molecule has 1 aromatic heterocycles. The predicted octanol–water partition coefficient (Wildman–Crippen LogP) is 4.71. The maximum atomic E-state index is 9.99. The van der Waals surface area contributed by atoms with E-state index in [2.05, 4.69) is 46.5 Å². The molecule has 6 heteroatoms. The first-order valence-electron chi connectivity index (χ1n) is 9.01.